The molecule has 0 spiro atoms. The molecule has 4 nitrogen and oxygen atoms in total. The summed E-state index contributed by atoms with van der Waals surface area (Å²) < 4.78 is 0. The molecule has 138 valence electrons. The molecule has 0 saturated carbocycles. The maximum Gasteiger partial charge on any atom is 0.255 e. The molecule has 3 heterocycles. The normalized spacial score (nSPS) is 28.1. The Morgan fingerprint density at radius 3 is 2.77 bits per heavy atom. The average Bonchev–Trinajstić information content (AvgIpc) is 2.90. The number of hydrogen-bond donors (Lipinski definition) is 2. The van der Waals surface area contributed by atoms with Gasteiger partial charge in [-0.25, -0.2) is 0 Å². The van der Waals surface area contributed by atoms with E-state index in [0.29, 0.717) is 12.5 Å². The van der Waals surface area contributed by atoms with Crippen LogP contribution in [0.2, 0.25) is 0 Å². The number of carbonyl (C=O) groups is 1. The number of hydrogen-bond acceptors (Lipinski definition) is 3. The molecule has 2 saturated heterocycles. The van der Waals surface area contributed by atoms with Crippen LogP contribution in [0.25, 0.3) is 0 Å². The van der Waals surface area contributed by atoms with E-state index in [9.17, 15) is 4.79 Å². The van der Waals surface area contributed by atoms with Crippen LogP contribution in [0.15, 0.2) is 42.8 Å². The maximum absolute atomic E-state index is 13.0. The quantitative estimate of drug-likeness (QED) is 0.857. The van der Waals surface area contributed by atoms with Gasteiger partial charge in [0.15, 0.2) is 0 Å². The van der Waals surface area contributed by atoms with Crippen LogP contribution in [-0.4, -0.2) is 29.9 Å². The van der Waals surface area contributed by atoms with Gasteiger partial charge in [-0.3, -0.25) is 4.79 Å². The minimum absolute atomic E-state index is 0.0548. The number of nitrogens with zero attached hydrogens (tertiary/aromatic N) is 1. The first-order valence-corrected chi connectivity index (χ1v) is 9.65. The summed E-state index contributed by atoms with van der Waals surface area (Å²) in [5, 5.41) is 6.74. The lowest BCUT2D eigenvalue weighted by atomic mass is 9.71. The van der Waals surface area contributed by atoms with Gasteiger partial charge in [0.1, 0.15) is 0 Å². The maximum atomic E-state index is 13.0. The molecule has 2 N–H and O–H groups in total. The van der Waals surface area contributed by atoms with Gasteiger partial charge in [0, 0.05) is 30.0 Å². The highest BCUT2D eigenvalue weighted by Gasteiger charge is 2.37. The predicted octanol–water partition coefficient (Wildman–Crippen LogP) is 3.52. The zero-order chi connectivity index (χ0) is 18.5. The van der Waals surface area contributed by atoms with Gasteiger partial charge < -0.3 is 15.5 Å². The zero-order valence-corrected chi connectivity index (χ0v) is 15.9. The molecular weight excluding hydrogens is 322 g/mol. The average molecular weight is 351 g/mol. The molecular formula is C22H29N3O. The van der Waals surface area contributed by atoms with E-state index in [1.54, 1.807) is 0 Å². The Hall–Kier alpha value is -2.07. The van der Waals surface area contributed by atoms with Crippen LogP contribution in [0.5, 0.6) is 0 Å². The lowest BCUT2D eigenvalue weighted by Crippen LogP contribution is -2.43. The van der Waals surface area contributed by atoms with Gasteiger partial charge in [-0.05, 0) is 54.3 Å². The predicted molar refractivity (Wildman–Crippen MR) is 105 cm³/mol. The molecule has 0 radical (unpaired) electrons. The Morgan fingerprint density at radius 1 is 1.23 bits per heavy atom. The van der Waals surface area contributed by atoms with Crippen LogP contribution in [-0.2, 0) is 6.54 Å². The van der Waals surface area contributed by atoms with Crippen molar-refractivity contribution >= 4 is 5.91 Å². The zero-order valence-electron chi connectivity index (χ0n) is 15.9. The third-order valence-corrected chi connectivity index (χ3v) is 6.33. The van der Waals surface area contributed by atoms with Crippen molar-refractivity contribution in [3.63, 3.8) is 0 Å². The van der Waals surface area contributed by atoms with E-state index in [4.69, 9.17) is 0 Å². The molecule has 1 aromatic carbocycles. The lowest BCUT2D eigenvalue weighted by Gasteiger charge is -2.39. The monoisotopic (exact) mass is 351 g/mol. The van der Waals surface area contributed by atoms with Crippen molar-refractivity contribution in [1.82, 2.24) is 15.5 Å². The largest absolute Gasteiger partial charge is 0.362 e. The Balaban J connectivity index is 1.59. The molecule has 4 rings (SSSR count). The van der Waals surface area contributed by atoms with Crippen molar-refractivity contribution in [3.8, 4) is 0 Å². The molecule has 3 aliphatic heterocycles. The van der Waals surface area contributed by atoms with Crippen LogP contribution in [0.4, 0.5) is 0 Å². The smallest absolute Gasteiger partial charge is 0.255 e. The first kappa shape index (κ1) is 17.3. The summed E-state index contributed by atoms with van der Waals surface area (Å²) in [5.74, 6) is 0.671. The van der Waals surface area contributed by atoms with E-state index in [-0.39, 0.29) is 17.4 Å². The van der Waals surface area contributed by atoms with Gasteiger partial charge in [0.05, 0.1) is 6.04 Å². The van der Waals surface area contributed by atoms with Crippen LogP contribution in [0, 0.1) is 5.41 Å². The Labute approximate surface area is 156 Å². The van der Waals surface area contributed by atoms with E-state index < -0.39 is 0 Å². The van der Waals surface area contributed by atoms with Crippen molar-refractivity contribution in [2.75, 3.05) is 13.1 Å². The fraction of sp³-hybridized carbons (Fsp3) is 0.500. The number of piperidine rings is 2. The van der Waals surface area contributed by atoms with E-state index in [1.165, 1.54) is 11.1 Å². The lowest BCUT2D eigenvalue weighted by molar-refractivity contribution is 0.0711. The first-order valence-electron chi connectivity index (χ1n) is 9.65. The fourth-order valence-electron chi connectivity index (χ4n) is 4.82. The second-order valence-electron chi connectivity index (χ2n) is 8.66. The molecule has 0 bridgehead atoms. The van der Waals surface area contributed by atoms with Gasteiger partial charge in [-0.2, -0.15) is 0 Å². The van der Waals surface area contributed by atoms with Gasteiger partial charge in [0.2, 0.25) is 0 Å². The number of amides is 1. The summed E-state index contributed by atoms with van der Waals surface area (Å²) in [6, 6.07) is 6.55. The highest BCUT2D eigenvalue weighted by molar-refractivity contribution is 5.98. The van der Waals surface area contributed by atoms with Crippen molar-refractivity contribution < 1.29 is 4.79 Å². The molecule has 2 atom stereocenters. The van der Waals surface area contributed by atoms with Crippen molar-refractivity contribution in [3.05, 3.63) is 59.4 Å². The second kappa shape index (κ2) is 6.27. The summed E-state index contributed by atoms with van der Waals surface area (Å²) in [6.07, 6.45) is 2.94. The van der Waals surface area contributed by atoms with Crippen molar-refractivity contribution in [1.29, 1.82) is 0 Å². The number of benzene rings is 1. The van der Waals surface area contributed by atoms with Crippen molar-refractivity contribution in [2.45, 2.75) is 51.6 Å². The summed E-state index contributed by atoms with van der Waals surface area (Å²) in [4.78, 5) is 14.9. The molecule has 26 heavy (non-hydrogen) atoms. The number of carbonyl (C=O) groups excluding carboxylic acids is 1. The number of rotatable bonds is 2. The van der Waals surface area contributed by atoms with E-state index in [0.717, 1.165) is 49.3 Å². The summed E-state index contributed by atoms with van der Waals surface area (Å²) in [7, 11) is 0. The Bertz CT molecular complexity index is 780. The summed E-state index contributed by atoms with van der Waals surface area (Å²) >= 11 is 0. The van der Waals surface area contributed by atoms with Gasteiger partial charge in [-0.15, -0.1) is 0 Å². The summed E-state index contributed by atoms with van der Waals surface area (Å²) in [5.41, 5.74) is 5.51. The van der Waals surface area contributed by atoms with E-state index in [1.807, 2.05) is 11.0 Å². The first-order chi connectivity index (χ1) is 12.4. The molecule has 3 aliphatic rings. The van der Waals surface area contributed by atoms with Gasteiger partial charge >= 0.3 is 0 Å². The second-order valence-corrected chi connectivity index (χ2v) is 8.66. The molecule has 0 aromatic heterocycles. The van der Waals surface area contributed by atoms with Crippen LogP contribution in [0.1, 0.15) is 60.5 Å². The van der Waals surface area contributed by atoms with E-state index >= 15 is 0 Å². The van der Waals surface area contributed by atoms with Crippen LogP contribution >= 0.6 is 0 Å². The topological polar surface area (TPSA) is 44.4 Å². The highest BCUT2D eigenvalue weighted by Crippen LogP contribution is 2.41. The molecule has 0 aliphatic carbocycles. The van der Waals surface area contributed by atoms with Crippen LogP contribution in [0.3, 0.4) is 0 Å². The minimum Gasteiger partial charge on any atom is -0.362 e. The van der Waals surface area contributed by atoms with E-state index in [2.05, 4.69) is 49.8 Å². The molecule has 1 aromatic rings. The number of allylic oxidation sites excluding steroid dienone is 1. The Morgan fingerprint density at radius 2 is 2.04 bits per heavy atom. The van der Waals surface area contributed by atoms with Crippen LogP contribution < -0.4 is 10.6 Å². The number of nitrogens with one attached hydrogen (secondary N) is 2. The summed E-state index contributed by atoms with van der Waals surface area (Å²) in [6.45, 7) is 15.6. The van der Waals surface area contributed by atoms with Crippen molar-refractivity contribution in [2.24, 2.45) is 5.41 Å². The minimum atomic E-state index is 0.0548. The highest BCUT2D eigenvalue weighted by atomic mass is 16.2. The van der Waals surface area contributed by atoms with Gasteiger partial charge in [-0.1, -0.05) is 39.1 Å². The SMILES string of the molecule is C=C1CCC(N2Cc3cc(C4CCNCC4(C)C)ccc3C2=O)C(=C)N1. The Kier molecular flexibility index (Phi) is 4.19. The van der Waals surface area contributed by atoms with Gasteiger partial charge in [0.25, 0.3) is 5.91 Å². The third-order valence-electron chi connectivity index (χ3n) is 6.33. The molecule has 2 fully saturated rings. The third kappa shape index (κ3) is 2.86. The molecule has 2 unspecified atom stereocenters. The fourth-order valence-corrected chi connectivity index (χ4v) is 4.82. The number of fused-ring (bicyclic) bond motifs is 1. The molecule has 1 amide bonds. The molecule has 4 heteroatoms. The standard InChI is InChI=1S/C22H29N3O/c1-14-5-8-20(15(2)24-14)25-12-17-11-16(6-7-18(17)21(25)26)19-9-10-23-13-22(19,3)4/h6-7,11,19-20,23-24H,1-2,5,8-10,12-13H2,3-4H3.